The van der Waals surface area contributed by atoms with Crippen LogP contribution in [0.25, 0.3) is 5.69 Å². The first-order chi connectivity index (χ1) is 6.83. The zero-order valence-corrected chi connectivity index (χ0v) is 8.57. The van der Waals surface area contributed by atoms with Crippen molar-refractivity contribution in [2.75, 3.05) is 0 Å². The molecule has 0 bridgehead atoms. The van der Waals surface area contributed by atoms with Crippen LogP contribution < -0.4 is 0 Å². The van der Waals surface area contributed by atoms with Gasteiger partial charge < -0.3 is 0 Å². The predicted molar refractivity (Wildman–Crippen MR) is 55.7 cm³/mol. The van der Waals surface area contributed by atoms with E-state index in [0.717, 1.165) is 16.9 Å². The predicted octanol–water partition coefficient (Wildman–Crippen LogP) is 2.31. The third-order valence-corrected chi connectivity index (χ3v) is 2.45. The first-order valence-electron chi connectivity index (χ1n) is 4.33. The van der Waals surface area contributed by atoms with Crippen LogP contribution in [0.3, 0.4) is 0 Å². The van der Waals surface area contributed by atoms with Crippen molar-refractivity contribution in [3.63, 3.8) is 0 Å². The van der Waals surface area contributed by atoms with E-state index in [4.69, 9.17) is 11.6 Å². The Morgan fingerprint density at radius 2 is 2.07 bits per heavy atom. The Morgan fingerprint density at radius 1 is 1.36 bits per heavy atom. The van der Waals surface area contributed by atoms with Crippen molar-refractivity contribution in [3.8, 4) is 5.69 Å². The molecule has 2 heterocycles. The summed E-state index contributed by atoms with van der Waals surface area (Å²) in [6.45, 7) is 2.01. The molecule has 0 amide bonds. The Kier molecular flexibility index (Phi) is 2.50. The van der Waals surface area contributed by atoms with Crippen LogP contribution in [-0.4, -0.2) is 14.8 Å². The fourth-order valence-electron chi connectivity index (χ4n) is 1.32. The van der Waals surface area contributed by atoms with Crippen LogP contribution in [0, 0.1) is 6.92 Å². The lowest BCUT2D eigenvalue weighted by Gasteiger charge is -2.03. The van der Waals surface area contributed by atoms with Crippen molar-refractivity contribution < 1.29 is 0 Å². The standard InChI is InChI=1S/C10H10ClN3/c1-8-9(6-11)7-13-14(8)10-2-4-12-5-3-10/h2-5,7H,6H2,1H3. The summed E-state index contributed by atoms with van der Waals surface area (Å²) in [5.41, 5.74) is 3.14. The number of rotatable bonds is 2. The van der Waals surface area contributed by atoms with Crippen molar-refractivity contribution in [3.05, 3.63) is 42.0 Å². The van der Waals surface area contributed by atoms with Gasteiger partial charge >= 0.3 is 0 Å². The lowest BCUT2D eigenvalue weighted by molar-refractivity contribution is 0.843. The van der Waals surface area contributed by atoms with E-state index in [1.165, 1.54) is 0 Å². The van der Waals surface area contributed by atoms with Crippen LogP contribution in [0.5, 0.6) is 0 Å². The van der Waals surface area contributed by atoms with E-state index in [-0.39, 0.29) is 0 Å². The summed E-state index contributed by atoms with van der Waals surface area (Å²) in [5.74, 6) is 0.497. The van der Waals surface area contributed by atoms with Crippen molar-refractivity contribution >= 4 is 11.6 Å². The first-order valence-corrected chi connectivity index (χ1v) is 4.86. The fourth-order valence-corrected chi connectivity index (χ4v) is 1.58. The second kappa shape index (κ2) is 3.80. The largest absolute Gasteiger partial charge is 0.265 e. The summed E-state index contributed by atoms with van der Waals surface area (Å²) in [7, 11) is 0. The summed E-state index contributed by atoms with van der Waals surface area (Å²) in [4.78, 5) is 3.96. The summed E-state index contributed by atoms with van der Waals surface area (Å²) in [6, 6.07) is 3.83. The maximum atomic E-state index is 5.77. The van der Waals surface area contributed by atoms with E-state index < -0.39 is 0 Å². The van der Waals surface area contributed by atoms with Gasteiger partial charge in [0.15, 0.2) is 0 Å². The molecule has 14 heavy (non-hydrogen) atoms. The van der Waals surface area contributed by atoms with Gasteiger partial charge in [0.05, 0.1) is 17.8 Å². The highest BCUT2D eigenvalue weighted by Gasteiger charge is 2.05. The van der Waals surface area contributed by atoms with E-state index in [2.05, 4.69) is 10.1 Å². The molecule has 0 spiro atoms. The van der Waals surface area contributed by atoms with Crippen molar-refractivity contribution in [2.24, 2.45) is 0 Å². The number of halogens is 1. The van der Waals surface area contributed by atoms with Gasteiger partial charge in [0.2, 0.25) is 0 Å². The number of hydrogen-bond donors (Lipinski definition) is 0. The summed E-state index contributed by atoms with van der Waals surface area (Å²) < 4.78 is 1.86. The molecule has 0 unspecified atom stereocenters. The molecule has 0 aliphatic rings. The number of alkyl halides is 1. The Morgan fingerprint density at radius 3 is 2.64 bits per heavy atom. The molecular formula is C10H10ClN3. The zero-order chi connectivity index (χ0) is 9.97. The minimum Gasteiger partial charge on any atom is -0.265 e. The number of pyridine rings is 1. The highest BCUT2D eigenvalue weighted by Crippen LogP contribution is 2.14. The van der Waals surface area contributed by atoms with E-state index in [9.17, 15) is 0 Å². The second-order valence-corrected chi connectivity index (χ2v) is 3.27. The maximum absolute atomic E-state index is 5.77. The smallest absolute Gasteiger partial charge is 0.0679 e. The van der Waals surface area contributed by atoms with Gasteiger partial charge in [-0.05, 0) is 19.1 Å². The van der Waals surface area contributed by atoms with E-state index in [1.807, 2.05) is 23.7 Å². The molecule has 2 rings (SSSR count). The molecular weight excluding hydrogens is 198 g/mol. The SMILES string of the molecule is Cc1c(CCl)cnn1-c1ccncc1. The summed E-state index contributed by atoms with van der Waals surface area (Å²) >= 11 is 5.77. The minimum atomic E-state index is 0.497. The normalized spacial score (nSPS) is 10.4. The monoisotopic (exact) mass is 207 g/mol. The average molecular weight is 208 g/mol. The van der Waals surface area contributed by atoms with Gasteiger partial charge in [-0.15, -0.1) is 11.6 Å². The van der Waals surface area contributed by atoms with Crippen LogP contribution in [0.2, 0.25) is 0 Å². The Balaban J connectivity index is 2.48. The van der Waals surface area contributed by atoms with Gasteiger partial charge in [0.1, 0.15) is 0 Å². The maximum Gasteiger partial charge on any atom is 0.0679 e. The average Bonchev–Trinajstić information content (AvgIpc) is 2.61. The van der Waals surface area contributed by atoms with Crippen LogP contribution in [-0.2, 0) is 5.88 Å². The summed E-state index contributed by atoms with van der Waals surface area (Å²) in [5, 5.41) is 4.26. The Hall–Kier alpha value is -1.35. The molecule has 2 aromatic rings. The topological polar surface area (TPSA) is 30.7 Å². The van der Waals surface area contributed by atoms with Gasteiger partial charge in [0.25, 0.3) is 0 Å². The number of hydrogen-bond acceptors (Lipinski definition) is 2. The van der Waals surface area contributed by atoms with Crippen LogP contribution in [0.1, 0.15) is 11.3 Å². The zero-order valence-electron chi connectivity index (χ0n) is 7.81. The molecule has 72 valence electrons. The third-order valence-electron chi connectivity index (χ3n) is 2.16. The molecule has 0 aliphatic heterocycles. The molecule has 0 atom stereocenters. The molecule has 0 N–H and O–H groups in total. The van der Waals surface area contributed by atoms with Gasteiger partial charge in [0, 0.05) is 23.7 Å². The highest BCUT2D eigenvalue weighted by molar-refractivity contribution is 6.17. The van der Waals surface area contributed by atoms with E-state index in [1.54, 1.807) is 18.6 Å². The lowest BCUT2D eigenvalue weighted by atomic mass is 10.3. The van der Waals surface area contributed by atoms with Crippen molar-refractivity contribution in [2.45, 2.75) is 12.8 Å². The van der Waals surface area contributed by atoms with Gasteiger partial charge in [-0.2, -0.15) is 5.10 Å². The second-order valence-electron chi connectivity index (χ2n) is 3.01. The molecule has 4 heteroatoms. The number of nitrogens with zero attached hydrogens (tertiary/aromatic N) is 3. The molecule has 0 saturated carbocycles. The molecule has 0 radical (unpaired) electrons. The quantitative estimate of drug-likeness (QED) is 0.708. The van der Waals surface area contributed by atoms with E-state index >= 15 is 0 Å². The van der Waals surface area contributed by atoms with Crippen LogP contribution in [0.15, 0.2) is 30.7 Å². The Labute approximate surface area is 87.3 Å². The molecule has 0 saturated heterocycles. The molecule has 2 aromatic heterocycles. The lowest BCUT2D eigenvalue weighted by Crippen LogP contribution is -1.98. The summed E-state index contributed by atoms with van der Waals surface area (Å²) in [6.07, 6.45) is 5.29. The van der Waals surface area contributed by atoms with Gasteiger partial charge in [-0.1, -0.05) is 0 Å². The third kappa shape index (κ3) is 1.51. The molecule has 0 aliphatic carbocycles. The van der Waals surface area contributed by atoms with Crippen LogP contribution >= 0.6 is 11.6 Å². The number of aromatic nitrogens is 3. The van der Waals surface area contributed by atoms with Gasteiger partial charge in [-0.3, -0.25) is 4.98 Å². The van der Waals surface area contributed by atoms with Crippen LogP contribution in [0.4, 0.5) is 0 Å². The highest BCUT2D eigenvalue weighted by atomic mass is 35.5. The molecule has 0 aromatic carbocycles. The van der Waals surface area contributed by atoms with Crippen molar-refractivity contribution in [1.29, 1.82) is 0 Å². The Bertz CT molecular complexity index is 422. The minimum absolute atomic E-state index is 0.497. The molecule has 3 nitrogen and oxygen atoms in total. The first kappa shape index (κ1) is 9.21. The molecule has 0 fully saturated rings. The van der Waals surface area contributed by atoms with Crippen molar-refractivity contribution in [1.82, 2.24) is 14.8 Å². The van der Waals surface area contributed by atoms with E-state index in [0.29, 0.717) is 5.88 Å². The van der Waals surface area contributed by atoms with Gasteiger partial charge in [-0.25, -0.2) is 4.68 Å². The fraction of sp³-hybridized carbons (Fsp3) is 0.200.